The van der Waals surface area contributed by atoms with Crippen LogP contribution in [-0.2, 0) is 25.7 Å². The average Bonchev–Trinajstić information content (AvgIpc) is 3.20. The summed E-state index contributed by atoms with van der Waals surface area (Å²) in [6, 6.07) is 2.62. The second kappa shape index (κ2) is 7.98. The minimum Gasteiger partial charge on any atom is -0.308 e. The van der Waals surface area contributed by atoms with Gasteiger partial charge < -0.3 is 10.2 Å². The van der Waals surface area contributed by atoms with E-state index in [9.17, 15) is 4.79 Å². The van der Waals surface area contributed by atoms with Crippen LogP contribution in [0.2, 0.25) is 0 Å². The van der Waals surface area contributed by atoms with Gasteiger partial charge in [0.2, 0.25) is 0 Å². The van der Waals surface area contributed by atoms with Crippen molar-refractivity contribution in [3.05, 3.63) is 28.3 Å². The first-order chi connectivity index (χ1) is 12.0. The van der Waals surface area contributed by atoms with E-state index < -0.39 is 0 Å². The molecule has 2 aliphatic carbocycles. The van der Waals surface area contributed by atoms with E-state index in [2.05, 4.69) is 46.3 Å². The summed E-state index contributed by atoms with van der Waals surface area (Å²) in [4.78, 5) is 14.6. The number of likely N-dealkylation sites (N-methyl/N-ethyl adjacent to an activating group) is 2. The Morgan fingerprint density at radius 1 is 1.12 bits per heavy atom. The second-order valence-corrected chi connectivity index (χ2v) is 8.50. The van der Waals surface area contributed by atoms with Crippen LogP contribution >= 0.6 is 12.1 Å². The Hall–Kier alpha value is -1.24. The lowest BCUT2D eigenvalue weighted by atomic mass is 9.99. The highest BCUT2D eigenvalue weighted by molar-refractivity contribution is 7.95. The molecule has 6 heteroatoms. The molecule has 3 rings (SSSR count). The fraction of sp³-hybridized carbons (Fsp3) is 0.632. The molecule has 0 aromatic heterocycles. The highest BCUT2D eigenvalue weighted by atomic mass is 32.2. The van der Waals surface area contributed by atoms with E-state index in [1.165, 1.54) is 47.2 Å². The maximum atomic E-state index is 12.5. The number of aryl methyl sites for hydroxylation is 2. The SMILES string of the molecule is CC(CN(C)C)N(C)SNC(=O)Nc1c2c(cc3c1CCC3)CCC2. The molecule has 1 aromatic rings. The minimum absolute atomic E-state index is 0.122. The van der Waals surface area contributed by atoms with Crippen LogP contribution in [0.25, 0.3) is 0 Å². The van der Waals surface area contributed by atoms with Gasteiger partial charge in [-0.3, -0.25) is 4.72 Å². The first kappa shape index (κ1) is 18.5. The topological polar surface area (TPSA) is 47.6 Å². The van der Waals surface area contributed by atoms with Gasteiger partial charge in [-0.25, -0.2) is 9.10 Å². The van der Waals surface area contributed by atoms with Gasteiger partial charge in [0, 0.05) is 30.4 Å². The quantitative estimate of drug-likeness (QED) is 0.763. The number of urea groups is 1. The third kappa shape index (κ3) is 4.30. The van der Waals surface area contributed by atoms with Crippen LogP contribution in [0.1, 0.15) is 42.0 Å². The van der Waals surface area contributed by atoms with Crippen molar-refractivity contribution >= 4 is 23.9 Å². The van der Waals surface area contributed by atoms with Crippen molar-refractivity contribution in [1.82, 2.24) is 13.9 Å². The number of carbonyl (C=O) groups excluding carboxylic acids is 1. The lowest BCUT2D eigenvalue weighted by Crippen LogP contribution is -2.37. The molecule has 0 saturated carbocycles. The molecule has 1 atom stereocenters. The number of nitrogens with zero attached hydrogens (tertiary/aromatic N) is 2. The maximum Gasteiger partial charge on any atom is 0.330 e. The predicted molar refractivity (Wildman–Crippen MR) is 106 cm³/mol. The summed E-state index contributed by atoms with van der Waals surface area (Å²) in [7, 11) is 6.13. The Morgan fingerprint density at radius 2 is 1.72 bits per heavy atom. The number of fused-ring (bicyclic) bond motifs is 2. The van der Waals surface area contributed by atoms with E-state index in [0.29, 0.717) is 6.04 Å². The van der Waals surface area contributed by atoms with Gasteiger partial charge in [0.05, 0.1) is 0 Å². The van der Waals surface area contributed by atoms with Crippen LogP contribution in [0.3, 0.4) is 0 Å². The molecule has 0 aliphatic heterocycles. The zero-order chi connectivity index (χ0) is 18.0. The van der Waals surface area contributed by atoms with Crippen LogP contribution in [0.5, 0.6) is 0 Å². The second-order valence-electron chi connectivity index (χ2n) is 7.54. The number of nitrogens with one attached hydrogen (secondary N) is 2. The largest absolute Gasteiger partial charge is 0.330 e. The summed E-state index contributed by atoms with van der Waals surface area (Å²) < 4.78 is 5.02. The highest BCUT2D eigenvalue weighted by Gasteiger charge is 2.25. The Morgan fingerprint density at radius 3 is 2.28 bits per heavy atom. The summed E-state index contributed by atoms with van der Waals surface area (Å²) in [5, 5.41) is 3.17. The fourth-order valence-electron chi connectivity index (χ4n) is 3.95. The first-order valence-corrected chi connectivity index (χ1v) is 10.0. The Labute approximate surface area is 155 Å². The number of rotatable bonds is 6. The molecular weight excluding hydrogens is 332 g/mol. The van der Waals surface area contributed by atoms with Gasteiger partial charge in [0.1, 0.15) is 0 Å². The monoisotopic (exact) mass is 362 g/mol. The van der Waals surface area contributed by atoms with Crippen LogP contribution < -0.4 is 10.0 Å². The molecule has 0 fully saturated rings. The molecule has 0 spiro atoms. The van der Waals surface area contributed by atoms with Crippen molar-refractivity contribution in [2.75, 3.05) is 33.0 Å². The summed E-state index contributed by atoms with van der Waals surface area (Å²) >= 11 is 1.37. The smallest absolute Gasteiger partial charge is 0.308 e. The predicted octanol–water partition coefficient (Wildman–Crippen LogP) is 3.23. The molecule has 0 saturated heterocycles. The Balaban J connectivity index is 1.62. The molecule has 1 unspecified atom stereocenters. The van der Waals surface area contributed by atoms with Gasteiger partial charge in [-0.2, -0.15) is 0 Å². The van der Waals surface area contributed by atoms with E-state index in [0.717, 1.165) is 37.9 Å². The normalized spacial score (nSPS) is 16.9. The van der Waals surface area contributed by atoms with Gasteiger partial charge in [-0.05, 0) is 88.8 Å². The average molecular weight is 363 g/mol. The molecule has 25 heavy (non-hydrogen) atoms. The van der Waals surface area contributed by atoms with Crippen molar-refractivity contribution in [1.29, 1.82) is 0 Å². The van der Waals surface area contributed by atoms with Gasteiger partial charge in [0.15, 0.2) is 0 Å². The molecule has 138 valence electrons. The molecule has 2 N–H and O–H groups in total. The van der Waals surface area contributed by atoms with Crippen molar-refractivity contribution < 1.29 is 4.79 Å². The maximum absolute atomic E-state index is 12.5. The molecule has 0 heterocycles. The summed E-state index contributed by atoms with van der Waals surface area (Å²) in [6.07, 6.45) is 6.88. The lowest BCUT2D eigenvalue weighted by Gasteiger charge is -2.26. The van der Waals surface area contributed by atoms with Crippen LogP contribution in [0, 0.1) is 0 Å². The Kier molecular flexibility index (Phi) is 5.92. The molecule has 0 bridgehead atoms. The number of carbonyl (C=O) groups is 1. The number of hydrogen-bond acceptors (Lipinski definition) is 4. The molecule has 2 aliphatic rings. The van der Waals surface area contributed by atoms with Crippen LogP contribution in [0.15, 0.2) is 6.07 Å². The van der Waals surface area contributed by atoms with E-state index in [1.54, 1.807) is 0 Å². The third-order valence-electron chi connectivity index (χ3n) is 5.24. The molecule has 2 amide bonds. The van der Waals surface area contributed by atoms with Crippen molar-refractivity contribution in [2.45, 2.75) is 51.5 Å². The van der Waals surface area contributed by atoms with E-state index in [-0.39, 0.29) is 6.03 Å². The van der Waals surface area contributed by atoms with E-state index in [1.807, 2.05) is 7.05 Å². The summed E-state index contributed by atoms with van der Waals surface area (Å²) in [5.41, 5.74) is 6.73. The fourth-order valence-corrected chi connectivity index (χ4v) is 4.48. The van der Waals surface area contributed by atoms with Crippen LogP contribution in [-0.4, -0.2) is 49.0 Å². The summed E-state index contributed by atoms with van der Waals surface area (Å²) in [5.74, 6) is 0. The first-order valence-electron chi connectivity index (χ1n) is 9.23. The summed E-state index contributed by atoms with van der Waals surface area (Å²) in [6.45, 7) is 3.11. The standard InChI is InChI=1S/C19H30N4OS/c1-13(12-22(2)3)23(4)25-21-19(24)20-18-16-9-5-7-14(16)11-15-8-6-10-17(15)18/h11,13H,5-10,12H2,1-4H3,(H2,20,21,24). The van der Waals surface area contributed by atoms with Gasteiger partial charge in [-0.15, -0.1) is 0 Å². The Bertz CT molecular complexity index is 615. The zero-order valence-electron chi connectivity index (χ0n) is 15.8. The number of hydrogen-bond donors (Lipinski definition) is 2. The van der Waals surface area contributed by atoms with Crippen molar-refractivity contribution in [3.63, 3.8) is 0 Å². The number of anilines is 1. The van der Waals surface area contributed by atoms with Crippen molar-refractivity contribution in [2.24, 2.45) is 0 Å². The molecule has 1 aromatic carbocycles. The third-order valence-corrected chi connectivity index (χ3v) is 6.17. The zero-order valence-corrected chi connectivity index (χ0v) is 16.6. The molecule has 5 nitrogen and oxygen atoms in total. The number of benzene rings is 1. The van der Waals surface area contributed by atoms with Crippen molar-refractivity contribution in [3.8, 4) is 0 Å². The number of amides is 2. The van der Waals surface area contributed by atoms with Gasteiger partial charge in [0.25, 0.3) is 0 Å². The van der Waals surface area contributed by atoms with E-state index >= 15 is 0 Å². The van der Waals surface area contributed by atoms with Gasteiger partial charge in [-0.1, -0.05) is 6.07 Å². The van der Waals surface area contributed by atoms with Crippen LogP contribution in [0.4, 0.5) is 10.5 Å². The molecule has 0 radical (unpaired) electrons. The lowest BCUT2D eigenvalue weighted by molar-refractivity contribution is 0.256. The van der Waals surface area contributed by atoms with Gasteiger partial charge >= 0.3 is 6.03 Å². The molecular formula is C19H30N4OS. The van der Waals surface area contributed by atoms with E-state index in [4.69, 9.17) is 0 Å². The minimum atomic E-state index is -0.122. The highest BCUT2D eigenvalue weighted by Crippen LogP contribution is 2.38.